The number of fused-ring (bicyclic) bond motifs is 2. The van der Waals surface area contributed by atoms with Crippen LogP contribution in [0.25, 0.3) is 0 Å². The molecule has 1 aliphatic carbocycles. The maximum absolute atomic E-state index is 13.1. The lowest BCUT2D eigenvalue weighted by molar-refractivity contribution is -0.192. The minimum Gasteiger partial charge on any atom is -0.464 e. The van der Waals surface area contributed by atoms with Gasteiger partial charge >= 0.3 is 5.97 Å². The fourth-order valence-electron chi connectivity index (χ4n) is 4.09. The molecule has 0 aromatic rings. The summed E-state index contributed by atoms with van der Waals surface area (Å²) < 4.78 is 5.41. The fourth-order valence-corrected chi connectivity index (χ4v) is 4.09. The van der Waals surface area contributed by atoms with Crippen LogP contribution < -0.4 is 0 Å². The van der Waals surface area contributed by atoms with E-state index in [0.29, 0.717) is 19.6 Å². The molecule has 4 heteroatoms. The van der Waals surface area contributed by atoms with Gasteiger partial charge in [0, 0.05) is 18.2 Å². The van der Waals surface area contributed by atoms with E-state index in [1.165, 1.54) is 0 Å². The van der Waals surface area contributed by atoms with Gasteiger partial charge in [0.15, 0.2) is 5.41 Å². The molecule has 2 atom stereocenters. The van der Waals surface area contributed by atoms with Gasteiger partial charge in [-0.1, -0.05) is 26.8 Å². The van der Waals surface area contributed by atoms with E-state index in [4.69, 9.17) is 4.74 Å². The highest BCUT2D eigenvalue weighted by Crippen LogP contribution is 2.66. The summed E-state index contributed by atoms with van der Waals surface area (Å²) in [5.74, 6) is -0.381. The van der Waals surface area contributed by atoms with Crippen molar-refractivity contribution in [2.24, 2.45) is 16.2 Å². The summed E-state index contributed by atoms with van der Waals surface area (Å²) in [5.41, 5.74) is -1.46. The smallest absolute Gasteiger partial charge is 0.322 e. The largest absolute Gasteiger partial charge is 0.464 e. The third-order valence-electron chi connectivity index (χ3n) is 6.18. The predicted molar refractivity (Wildman–Crippen MR) is 74.6 cm³/mol. The van der Waals surface area contributed by atoms with E-state index < -0.39 is 5.41 Å². The number of hydrogen-bond donors (Lipinski definition) is 0. The predicted octanol–water partition coefficient (Wildman–Crippen LogP) is 2.49. The van der Waals surface area contributed by atoms with Gasteiger partial charge in [-0.25, -0.2) is 0 Å². The van der Waals surface area contributed by atoms with Gasteiger partial charge in [-0.3, -0.25) is 9.59 Å². The average molecular weight is 277 g/mol. The standard InChI is InChI=1S/C16H23NO3/c1-14(2)15(3)7-8-16(14,13(19)20-11-15)12(18)17-9-5-4-6-10-17/h5,9H,4,6-8,10-11H2,1-3H3/t15-,16-/m0/s1. The molecule has 1 amide bonds. The maximum Gasteiger partial charge on any atom is 0.322 e. The van der Waals surface area contributed by atoms with E-state index >= 15 is 0 Å². The van der Waals surface area contributed by atoms with Crippen molar-refractivity contribution in [2.75, 3.05) is 13.2 Å². The van der Waals surface area contributed by atoms with Crippen molar-refractivity contribution in [2.45, 2.75) is 46.5 Å². The Morgan fingerprint density at radius 1 is 1.30 bits per heavy atom. The molecule has 3 aliphatic rings. The Morgan fingerprint density at radius 2 is 2.05 bits per heavy atom. The Morgan fingerprint density at radius 3 is 2.70 bits per heavy atom. The number of allylic oxidation sites excluding steroid dienone is 1. The van der Waals surface area contributed by atoms with Gasteiger partial charge in [0.2, 0.25) is 5.91 Å². The van der Waals surface area contributed by atoms with Crippen LogP contribution in [0.4, 0.5) is 0 Å². The highest BCUT2D eigenvalue weighted by atomic mass is 16.5. The van der Waals surface area contributed by atoms with Crippen molar-refractivity contribution >= 4 is 11.9 Å². The molecule has 4 nitrogen and oxygen atoms in total. The zero-order chi connectivity index (χ0) is 14.6. The molecule has 2 bridgehead atoms. The second-order valence-corrected chi connectivity index (χ2v) is 7.19. The SMILES string of the molecule is CC1(C)[C@@]2(C)CC[C@]1(C(=O)N1C=CCCC1)C(=O)OC2. The molecule has 0 aromatic carbocycles. The van der Waals surface area contributed by atoms with Gasteiger partial charge in [0.05, 0.1) is 6.61 Å². The van der Waals surface area contributed by atoms with E-state index in [9.17, 15) is 9.59 Å². The van der Waals surface area contributed by atoms with Crippen LogP contribution in [-0.4, -0.2) is 29.9 Å². The van der Waals surface area contributed by atoms with Crippen molar-refractivity contribution in [3.63, 3.8) is 0 Å². The first-order chi connectivity index (χ1) is 9.35. The zero-order valence-corrected chi connectivity index (χ0v) is 12.6. The quantitative estimate of drug-likeness (QED) is 0.546. The first-order valence-corrected chi connectivity index (χ1v) is 7.50. The number of hydrogen-bond acceptors (Lipinski definition) is 3. The van der Waals surface area contributed by atoms with Crippen molar-refractivity contribution in [3.05, 3.63) is 12.3 Å². The Bertz CT molecular complexity index is 496. The lowest BCUT2D eigenvalue weighted by atomic mass is 9.57. The molecule has 0 unspecified atom stereocenters. The van der Waals surface area contributed by atoms with Crippen LogP contribution in [0.1, 0.15) is 46.5 Å². The topological polar surface area (TPSA) is 46.6 Å². The Kier molecular flexibility index (Phi) is 2.79. The second kappa shape index (κ2) is 4.09. The van der Waals surface area contributed by atoms with Crippen LogP contribution in [0.3, 0.4) is 0 Å². The molecule has 110 valence electrons. The summed E-state index contributed by atoms with van der Waals surface area (Å²) in [4.78, 5) is 27.3. The molecule has 3 rings (SSSR count). The molecular weight excluding hydrogens is 254 g/mol. The summed E-state index contributed by atoms with van der Waals surface area (Å²) in [6.45, 7) is 7.40. The summed E-state index contributed by atoms with van der Waals surface area (Å²) in [7, 11) is 0. The fraction of sp³-hybridized carbons (Fsp3) is 0.750. The number of amides is 1. The lowest BCUT2D eigenvalue weighted by Gasteiger charge is -2.50. The molecule has 1 saturated carbocycles. The van der Waals surface area contributed by atoms with Crippen molar-refractivity contribution < 1.29 is 14.3 Å². The van der Waals surface area contributed by atoms with Crippen LogP contribution >= 0.6 is 0 Å². The molecule has 1 saturated heterocycles. The van der Waals surface area contributed by atoms with Gasteiger partial charge in [-0.15, -0.1) is 0 Å². The third-order valence-corrected chi connectivity index (χ3v) is 6.18. The average Bonchev–Trinajstić information content (AvgIpc) is 2.56. The highest BCUT2D eigenvalue weighted by molar-refractivity contribution is 6.05. The number of nitrogens with zero attached hydrogens (tertiary/aromatic N) is 1. The van der Waals surface area contributed by atoms with E-state index in [1.54, 1.807) is 4.90 Å². The first kappa shape index (κ1) is 13.7. The summed E-state index contributed by atoms with van der Waals surface area (Å²) >= 11 is 0. The number of carbonyl (C=O) groups excluding carboxylic acids is 2. The minimum absolute atomic E-state index is 0.0631. The highest BCUT2D eigenvalue weighted by Gasteiger charge is 2.72. The van der Waals surface area contributed by atoms with E-state index in [0.717, 1.165) is 19.3 Å². The lowest BCUT2D eigenvalue weighted by Crippen LogP contribution is -2.60. The second-order valence-electron chi connectivity index (χ2n) is 7.19. The number of cyclic esters (lactones) is 1. The van der Waals surface area contributed by atoms with Gasteiger partial charge in [0.1, 0.15) is 0 Å². The molecule has 2 fully saturated rings. The Balaban J connectivity index is 2.04. The number of ether oxygens (including phenoxy) is 1. The van der Waals surface area contributed by atoms with Gasteiger partial charge in [0.25, 0.3) is 0 Å². The van der Waals surface area contributed by atoms with Crippen LogP contribution in [0.5, 0.6) is 0 Å². The summed E-state index contributed by atoms with van der Waals surface area (Å²) in [6, 6.07) is 0. The van der Waals surface area contributed by atoms with Crippen LogP contribution in [0, 0.1) is 16.2 Å². The molecule has 20 heavy (non-hydrogen) atoms. The molecule has 0 spiro atoms. The molecule has 2 heterocycles. The van der Waals surface area contributed by atoms with E-state index in [2.05, 4.69) is 20.8 Å². The van der Waals surface area contributed by atoms with Crippen LogP contribution in [-0.2, 0) is 14.3 Å². The van der Waals surface area contributed by atoms with Gasteiger partial charge < -0.3 is 9.64 Å². The van der Waals surface area contributed by atoms with Crippen LogP contribution in [0.15, 0.2) is 12.3 Å². The van der Waals surface area contributed by atoms with E-state index in [1.807, 2.05) is 12.3 Å². The van der Waals surface area contributed by atoms with Gasteiger partial charge in [-0.2, -0.15) is 0 Å². The molecule has 0 radical (unpaired) electrons. The van der Waals surface area contributed by atoms with E-state index in [-0.39, 0.29) is 22.7 Å². The summed E-state index contributed by atoms with van der Waals surface area (Å²) in [5, 5.41) is 0. The first-order valence-electron chi connectivity index (χ1n) is 7.50. The molecule has 2 aliphatic heterocycles. The Hall–Kier alpha value is -1.32. The number of esters is 1. The Labute approximate surface area is 120 Å². The maximum atomic E-state index is 13.1. The molecule has 0 N–H and O–H groups in total. The monoisotopic (exact) mass is 277 g/mol. The van der Waals surface area contributed by atoms with Crippen molar-refractivity contribution in [3.8, 4) is 0 Å². The van der Waals surface area contributed by atoms with Crippen LogP contribution in [0.2, 0.25) is 0 Å². The number of carbonyl (C=O) groups is 2. The van der Waals surface area contributed by atoms with Crippen molar-refractivity contribution in [1.29, 1.82) is 0 Å². The third kappa shape index (κ3) is 1.42. The molecule has 0 aromatic heterocycles. The molecular formula is C16H23NO3. The minimum atomic E-state index is -0.998. The zero-order valence-electron chi connectivity index (χ0n) is 12.6. The number of rotatable bonds is 1. The van der Waals surface area contributed by atoms with Crippen molar-refractivity contribution in [1.82, 2.24) is 4.90 Å². The normalized spacial score (nSPS) is 38.8. The summed E-state index contributed by atoms with van der Waals surface area (Å²) in [6.07, 6.45) is 7.29. The van der Waals surface area contributed by atoms with Gasteiger partial charge in [-0.05, 0) is 31.1 Å².